The van der Waals surface area contributed by atoms with Crippen molar-refractivity contribution in [3.05, 3.63) is 338 Å². The van der Waals surface area contributed by atoms with Gasteiger partial charge in [-0.1, -0.05) is 273 Å². The first kappa shape index (κ1) is 46.1. The predicted molar refractivity (Wildman–Crippen MR) is 332 cm³/mol. The molecule has 2 heteroatoms. The van der Waals surface area contributed by atoms with E-state index in [0.717, 1.165) is 50.5 Å². The summed E-state index contributed by atoms with van der Waals surface area (Å²) in [5.74, 6) is 0. The molecule has 1 heterocycles. The maximum absolute atomic E-state index is 2.56. The second-order valence-electron chi connectivity index (χ2n) is 20.7. The van der Waals surface area contributed by atoms with E-state index in [-0.39, 0.29) is 0 Å². The van der Waals surface area contributed by atoms with Gasteiger partial charge in [-0.3, -0.25) is 0 Å². The zero-order valence-corrected chi connectivity index (χ0v) is 43.4. The van der Waals surface area contributed by atoms with Crippen molar-refractivity contribution in [1.82, 2.24) is 4.57 Å². The van der Waals surface area contributed by atoms with Gasteiger partial charge in [0.25, 0.3) is 0 Å². The number of hydrogen-bond donors (Lipinski definition) is 0. The van der Waals surface area contributed by atoms with E-state index >= 15 is 0 Å². The fourth-order valence-corrected chi connectivity index (χ4v) is 13.1. The van der Waals surface area contributed by atoms with E-state index < -0.39 is 5.41 Å². The monoisotopic (exact) mass is 1000 g/mol. The molecule has 79 heavy (non-hydrogen) atoms. The van der Waals surface area contributed by atoms with Crippen molar-refractivity contribution in [3.63, 3.8) is 0 Å². The van der Waals surface area contributed by atoms with Crippen molar-refractivity contribution in [3.8, 4) is 61.3 Å². The normalized spacial score (nSPS) is 12.4. The molecule has 1 aliphatic carbocycles. The third-order valence-corrected chi connectivity index (χ3v) is 16.5. The van der Waals surface area contributed by atoms with Gasteiger partial charge in [-0.2, -0.15) is 0 Å². The Morgan fingerprint density at radius 2 is 0.797 bits per heavy atom. The molecule has 13 aromatic carbocycles. The van der Waals surface area contributed by atoms with Crippen LogP contribution < -0.4 is 4.90 Å². The molecule has 0 saturated carbocycles. The quantitative estimate of drug-likeness (QED) is 0.133. The SMILES string of the molecule is c1ccc(-c2ccccc2-c2ccc(N(c3ccccc3-c3ccc4c5ccccc5n(-c5cccc6c5C(c5ccccc5)(c5ccccc5)c5ccccc5-6)c4c3)c3cccc4ccccc34)cc2-c2ccccc2)cc1. The van der Waals surface area contributed by atoms with Gasteiger partial charge in [0.15, 0.2) is 0 Å². The molecule has 0 fully saturated rings. The van der Waals surface area contributed by atoms with Crippen LogP contribution in [-0.4, -0.2) is 4.57 Å². The van der Waals surface area contributed by atoms with E-state index in [1.54, 1.807) is 0 Å². The summed E-state index contributed by atoms with van der Waals surface area (Å²) >= 11 is 0. The molecule has 0 atom stereocenters. The Labute approximate surface area is 461 Å². The van der Waals surface area contributed by atoms with E-state index in [1.165, 1.54) is 82.7 Å². The van der Waals surface area contributed by atoms with Crippen LogP contribution >= 0.6 is 0 Å². The molecule has 1 aliphatic rings. The number of anilines is 3. The number of benzene rings is 13. The molecule has 0 aliphatic heterocycles. The zero-order chi connectivity index (χ0) is 52.3. The molecule has 15 rings (SSSR count). The Kier molecular flexibility index (Phi) is 11.1. The van der Waals surface area contributed by atoms with E-state index in [2.05, 4.69) is 325 Å². The summed E-state index contributed by atoms with van der Waals surface area (Å²) in [6.45, 7) is 0. The summed E-state index contributed by atoms with van der Waals surface area (Å²) in [4.78, 5) is 2.49. The summed E-state index contributed by atoms with van der Waals surface area (Å²) in [5.41, 5.74) is 23.1. The molecule has 0 unspecified atom stereocenters. The van der Waals surface area contributed by atoms with Gasteiger partial charge in [0, 0.05) is 33.0 Å². The van der Waals surface area contributed by atoms with Crippen molar-refractivity contribution < 1.29 is 0 Å². The first-order chi connectivity index (χ1) is 39.2. The second-order valence-corrected chi connectivity index (χ2v) is 20.7. The van der Waals surface area contributed by atoms with Crippen LogP contribution in [0.15, 0.2) is 315 Å². The average Bonchev–Trinajstić information content (AvgIpc) is 4.27. The summed E-state index contributed by atoms with van der Waals surface area (Å²) in [5, 5.41) is 4.79. The highest BCUT2D eigenvalue weighted by molar-refractivity contribution is 6.11. The van der Waals surface area contributed by atoms with Crippen LogP contribution in [0.2, 0.25) is 0 Å². The lowest BCUT2D eigenvalue weighted by Gasteiger charge is -2.35. The van der Waals surface area contributed by atoms with Crippen LogP contribution in [0.4, 0.5) is 17.1 Å². The summed E-state index contributed by atoms with van der Waals surface area (Å²) < 4.78 is 2.56. The van der Waals surface area contributed by atoms with Crippen LogP contribution in [0, 0.1) is 0 Å². The van der Waals surface area contributed by atoms with Gasteiger partial charge in [0.2, 0.25) is 0 Å². The van der Waals surface area contributed by atoms with E-state index in [0.29, 0.717) is 0 Å². The fraction of sp³-hybridized carbons (Fsp3) is 0.0130. The molecule has 14 aromatic rings. The molecular weight excluding hydrogens is 953 g/mol. The minimum atomic E-state index is -0.594. The van der Waals surface area contributed by atoms with Crippen LogP contribution in [0.3, 0.4) is 0 Å². The van der Waals surface area contributed by atoms with Crippen LogP contribution in [0.5, 0.6) is 0 Å². The van der Waals surface area contributed by atoms with Crippen molar-refractivity contribution in [1.29, 1.82) is 0 Å². The Morgan fingerprint density at radius 1 is 0.278 bits per heavy atom. The Hall–Kier alpha value is -10.3. The Balaban J connectivity index is 0.975. The minimum Gasteiger partial charge on any atom is -0.309 e. The highest BCUT2D eigenvalue weighted by Crippen LogP contribution is 2.58. The van der Waals surface area contributed by atoms with E-state index in [9.17, 15) is 0 Å². The molecule has 0 N–H and O–H groups in total. The first-order valence-corrected chi connectivity index (χ1v) is 27.3. The number of nitrogens with zero attached hydrogens (tertiary/aromatic N) is 2. The molecule has 0 radical (unpaired) electrons. The third kappa shape index (κ3) is 7.41. The third-order valence-electron chi connectivity index (χ3n) is 16.5. The number of rotatable bonds is 10. The summed E-state index contributed by atoms with van der Waals surface area (Å²) in [6, 6.07) is 116. The minimum absolute atomic E-state index is 0.594. The highest BCUT2D eigenvalue weighted by atomic mass is 15.1. The number of aromatic nitrogens is 1. The standard InChI is InChI=1S/C77H52N2/c1-5-25-53(26-6-1)60-35-15-16-38-63(60)64-50-48-59(52-69(64)55-27-7-2-8-28-55)78(72-45-23-30-54-29-13-14-36-61(54)72)71-43-21-18-37-62(71)56-47-49-67-66-40-19-22-44-73(66)79(75(67)51-56)74-46-24-41-68-65-39-17-20-42-70(65)77(76(68)74,57-31-9-3-10-32-57)58-33-11-4-12-34-58/h1-52H. The summed E-state index contributed by atoms with van der Waals surface area (Å²) in [6.07, 6.45) is 0. The lowest BCUT2D eigenvalue weighted by Crippen LogP contribution is -2.29. The van der Waals surface area contributed by atoms with Gasteiger partial charge in [0.1, 0.15) is 0 Å². The fourth-order valence-electron chi connectivity index (χ4n) is 13.1. The Bertz CT molecular complexity index is 4550. The maximum atomic E-state index is 2.56. The number of para-hydroxylation sites is 2. The van der Waals surface area contributed by atoms with Crippen molar-refractivity contribution in [2.75, 3.05) is 4.90 Å². The molecule has 370 valence electrons. The first-order valence-electron chi connectivity index (χ1n) is 27.3. The number of fused-ring (bicyclic) bond motifs is 7. The van der Waals surface area contributed by atoms with Crippen molar-refractivity contribution >= 4 is 49.6 Å². The number of hydrogen-bond acceptors (Lipinski definition) is 1. The van der Waals surface area contributed by atoms with Gasteiger partial charge in [-0.25, -0.2) is 0 Å². The average molecular weight is 1010 g/mol. The van der Waals surface area contributed by atoms with Gasteiger partial charge < -0.3 is 9.47 Å². The lowest BCUT2D eigenvalue weighted by atomic mass is 9.67. The molecule has 1 aromatic heterocycles. The largest absolute Gasteiger partial charge is 0.309 e. The zero-order valence-electron chi connectivity index (χ0n) is 43.4. The highest BCUT2D eigenvalue weighted by Gasteiger charge is 2.48. The van der Waals surface area contributed by atoms with Gasteiger partial charge in [0.05, 0.1) is 33.5 Å². The van der Waals surface area contributed by atoms with Crippen LogP contribution in [-0.2, 0) is 5.41 Å². The molecule has 0 amide bonds. The molecule has 0 bridgehead atoms. The van der Waals surface area contributed by atoms with Crippen molar-refractivity contribution in [2.24, 2.45) is 0 Å². The topological polar surface area (TPSA) is 8.17 Å². The smallest absolute Gasteiger partial charge is 0.0734 e. The van der Waals surface area contributed by atoms with Gasteiger partial charge in [-0.05, 0) is 115 Å². The lowest BCUT2D eigenvalue weighted by molar-refractivity contribution is 0.762. The van der Waals surface area contributed by atoms with Crippen LogP contribution in [0.25, 0.3) is 93.9 Å². The molecule has 2 nitrogen and oxygen atoms in total. The molecular formula is C77H52N2. The van der Waals surface area contributed by atoms with E-state index in [4.69, 9.17) is 0 Å². The van der Waals surface area contributed by atoms with Crippen molar-refractivity contribution in [2.45, 2.75) is 5.41 Å². The van der Waals surface area contributed by atoms with E-state index in [1.807, 2.05) is 0 Å². The molecule has 0 saturated heterocycles. The van der Waals surface area contributed by atoms with Gasteiger partial charge >= 0.3 is 0 Å². The molecule has 0 spiro atoms. The predicted octanol–water partition coefficient (Wildman–Crippen LogP) is 20.4. The second kappa shape index (κ2) is 19.1. The Morgan fingerprint density at radius 3 is 1.54 bits per heavy atom. The van der Waals surface area contributed by atoms with Gasteiger partial charge in [-0.15, -0.1) is 0 Å². The maximum Gasteiger partial charge on any atom is 0.0734 e. The summed E-state index contributed by atoms with van der Waals surface area (Å²) in [7, 11) is 0. The van der Waals surface area contributed by atoms with Crippen LogP contribution in [0.1, 0.15) is 22.3 Å².